The molecular formula is C15H15FN4. The number of hydrogen-bond donors (Lipinski definition) is 2. The van der Waals surface area contributed by atoms with Crippen molar-refractivity contribution in [2.75, 3.05) is 11.1 Å². The van der Waals surface area contributed by atoms with Crippen LogP contribution in [0.5, 0.6) is 0 Å². The van der Waals surface area contributed by atoms with Gasteiger partial charge in [-0.1, -0.05) is 18.2 Å². The SMILES string of the molecule is Cn1c(NCc2ccccc2F)nc2cc(N)ccc21. The number of nitrogens with two attached hydrogens (primary N) is 1. The standard InChI is InChI=1S/C15H15FN4/c1-20-14-7-6-11(17)8-13(14)19-15(20)18-9-10-4-2-3-5-12(10)16/h2-8H,9,17H2,1H3,(H,18,19). The van der Waals surface area contributed by atoms with Crippen LogP contribution in [0, 0.1) is 5.82 Å². The van der Waals surface area contributed by atoms with E-state index in [0.717, 1.165) is 11.0 Å². The number of fused-ring (bicyclic) bond motifs is 1. The van der Waals surface area contributed by atoms with Crippen LogP contribution in [0.4, 0.5) is 16.0 Å². The van der Waals surface area contributed by atoms with E-state index in [4.69, 9.17) is 5.73 Å². The first-order chi connectivity index (χ1) is 9.65. The van der Waals surface area contributed by atoms with E-state index in [1.807, 2.05) is 35.9 Å². The van der Waals surface area contributed by atoms with Crippen molar-refractivity contribution in [2.45, 2.75) is 6.54 Å². The maximum atomic E-state index is 13.6. The Bertz CT molecular complexity index is 764. The number of aromatic nitrogens is 2. The molecule has 1 aromatic heterocycles. The summed E-state index contributed by atoms with van der Waals surface area (Å²) in [4.78, 5) is 4.47. The second kappa shape index (κ2) is 4.85. The van der Waals surface area contributed by atoms with E-state index in [9.17, 15) is 4.39 Å². The van der Waals surface area contributed by atoms with Crippen LogP contribution in [0.3, 0.4) is 0 Å². The molecule has 0 bridgehead atoms. The molecule has 1 heterocycles. The quantitative estimate of drug-likeness (QED) is 0.719. The third-order valence-electron chi connectivity index (χ3n) is 3.30. The molecule has 2 aromatic carbocycles. The van der Waals surface area contributed by atoms with E-state index in [0.29, 0.717) is 23.7 Å². The minimum absolute atomic E-state index is 0.219. The molecule has 0 atom stereocenters. The van der Waals surface area contributed by atoms with Gasteiger partial charge in [-0.15, -0.1) is 0 Å². The van der Waals surface area contributed by atoms with Gasteiger partial charge in [-0.05, 0) is 24.3 Å². The summed E-state index contributed by atoms with van der Waals surface area (Å²) in [6.45, 7) is 0.388. The van der Waals surface area contributed by atoms with Gasteiger partial charge in [0.2, 0.25) is 5.95 Å². The molecule has 0 unspecified atom stereocenters. The lowest BCUT2D eigenvalue weighted by Gasteiger charge is -2.07. The third-order valence-corrected chi connectivity index (χ3v) is 3.30. The summed E-state index contributed by atoms with van der Waals surface area (Å²) >= 11 is 0. The van der Waals surface area contributed by atoms with Crippen LogP contribution in [0.2, 0.25) is 0 Å². The normalized spacial score (nSPS) is 10.9. The van der Waals surface area contributed by atoms with Crippen molar-refractivity contribution in [3.63, 3.8) is 0 Å². The largest absolute Gasteiger partial charge is 0.399 e. The van der Waals surface area contributed by atoms with E-state index >= 15 is 0 Å². The summed E-state index contributed by atoms with van der Waals surface area (Å²) in [5.74, 6) is 0.469. The summed E-state index contributed by atoms with van der Waals surface area (Å²) in [6, 6.07) is 12.3. The lowest BCUT2D eigenvalue weighted by Crippen LogP contribution is -2.06. The van der Waals surface area contributed by atoms with Crippen LogP contribution in [0.1, 0.15) is 5.56 Å². The van der Waals surface area contributed by atoms with Gasteiger partial charge < -0.3 is 15.6 Å². The molecule has 0 amide bonds. The first-order valence-corrected chi connectivity index (χ1v) is 6.34. The van der Waals surface area contributed by atoms with Gasteiger partial charge in [-0.25, -0.2) is 9.37 Å². The molecule has 0 fully saturated rings. The predicted molar refractivity (Wildman–Crippen MR) is 78.9 cm³/mol. The number of hydrogen-bond acceptors (Lipinski definition) is 3. The van der Waals surface area contributed by atoms with Crippen molar-refractivity contribution in [2.24, 2.45) is 7.05 Å². The zero-order valence-corrected chi connectivity index (χ0v) is 11.1. The van der Waals surface area contributed by atoms with Gasteiger partial charge in [0.1, 0.15) is 5.82 Å². The molecule has 3 rings (SSSR count). The zero-order valence-electron chi connectivity index (χ0n) is 11.1. The molecule has 0 radical (unpaired) electrons. The Morgan fingerprint density at radius 1 is 1.25 bits per heavy atom. The molecule has 102 valence electrons. The number of nitrogen functional groups attached to an aromatic ring is 1. The Kier molecular flexibility index (Phi) is 3.02. The summed E-state index contributed by atoms with van der Waals surface area (Å²) in [5, 5.41) is 3.15. The van der Waals surface area contributed by atoms with E-state index in [-0.39, 0.29) is 5.82 Å². The molecular weight excluding hydrogens is 255 g/mol. The fourth-order valence-corrected chi connectivity index (χ4v) is 2.19. The topological polar surface area (TPSA) is 55.9 Å². The minimum Gasteiger partial charge on any atom is -0.399 e. The Hall–Kier alpha value is -2.56. The van der Waals surface area contributed by atoms with E-state index in [1.54, 1.807) is 12.1 Å². The molecule has 0 aliphatic rings. The fourth-order valence-electron chi connectivity index (χ4n) is 2.19. The second-order valence-electron chi connectivity index (χ2n) is 4.69. The minimum atomic E-state index is -0.219. The summed E-state index contributed by atoms with van der Waals surface area (Å²) in [7, 11) is 1.91. The lowest BCUT2D eigenvalue weighted by molar-refractivity contribution is 0.612. The van der Waals surface area contributed by atoms with Crippen molar-refractivity contribution >= 4 is 22.7 Å². The smallest absolute Gasteiger partial charge is 0.203 e. The van der Waals surface area contributed by atoms with Crippen LogP contribution in [0.15, 0.2) is 42.5 Å². The molecule has 5 heteroatoms. The van der Waals surface area contributed by atoms with Crippen molar-refractivity contribution < 1.29 is 4.39 Å². The first-order valence-electron chi connectivity index (χ1n) is 6.34. The van der Waals surface area contributed by atoms with Crippen molar-refractivity contribution in [1.82, 2.24) is 9.55 Å². The highest BCUT2D eigenvalue weighted by Crippen LogP contribution is 2.21. The van der Waals surface area contributed by atoms with Crippen molar-refractivity contribution in [3.8, 4) is 0 Å². The van der Waals surface area contributed by atoms with Crippen LogP contribution < -0.4 is 11.1 Å². The predicted octanol–water partition coefficient (Wildman–Crippen LogP) is 2.91. The molecule has 3 aromatic rings. The fraction of sp³-hybridized carbons (Fsp3) is 0.133. The lowest BCUT2D eigenvalue weighted by atomic mass is 10.2. The number of anilines is 2. The number of halogens is 1. The summed E-state index contributed by atoms with van der Waals surface area (Å²) in [5.41, 5.74) is 8.84. The Morgan fingerprint density at radius 3 is 2.85 bits per heavy atom. The maximum absolute atomic E-state index is 13.6. The van der Waals surface area contributed by atoms with Gasteiger partial charge in [0.25, 0.3) is 0 Å². The highest BCUT2D eigenvalue weighted by molar-refractivity contribution is 5.81. The number of nitrogens with one attached hydrogen (secondary N) is 1. The number of imidazole rings is 1. The zero-order chi connectivity index (χ0) is 14.1. The number of rotatable bonds is 3. The molecule has 0 aliphatic heterocycles. The van der Waals surface area contributed by atoms with E-state index < -0.39 is 0 Å². The number of nitrogens with zero attached hydrogens (tertiary/aromatic N) is 2. The molecule has 0 aliphatic carbocycles. The summed E-state index contributed by atoms with van der Waals surface area (Å²) in [6.07, 6.45) is 0. The van der Waals surface area contributed by atoms with Crippen molar-refractivity contribution in [1.29, 1.82) is 0 Å². The van der Waals surface area contributed by atoms with Crippen molar-refractivity contribution in [3.05, 3.63) is 53.8 Å². The van der Waals surface area contributed by atoms with Crippen LogP contribution in [-0.4, -0.2) is 9.55 Å². The average molecular weight is 270 g/mol. The molecule has 0 spiro atoms. The average Bonchev–Trinajstić information content (AvgIpc) is 2.74. The van der Waals surface area contributed by atoms with Crippen LogP contribution in [0.25, 0.3) is 11.0 Å². The molecule has 3 N–H and O–H groups in total. The van der Waals surface area contributed by atoms with Gasteiger partial charge in [0, 0.05) is 24.8 Å². The Balaban J connectivity index is 1.88. The first kappa shape index (κ1) is 12.5. The highest BCUT2D eigenvalue weighted by atomic mass is 19.1. The number of benzene rings is 2. The molecule has 0 saturated carbocycles. The van der Waals surface area contributed by atoms with E-state index in [2.05, 4.69) is 10.3 Å². The van der Waals surface area contributed by atoms with Gasteiger partial charge in [-0.3, -0.25) is 0 Å². The van der Waals surface area contributed by atoms with Gasteiger partial charge >= 0.3 is 0 Å². The molecule has 0 saturated heterocycles. The second-order valence-corrected chi connectivity index (χ2v) is 4.69. The van der Waals surface area contributed by atoms with Crippen LogP contribution >= 0.6 is 0 Å². The van der Waals surface area contributed by atoms with E-state index in [1.165, 1.54) is 6.07 Å². The van der Waals surface area contributed by atoms with Gasteiger partial charge in [0.05, 0.1) is 11.0 Å². The van der Waals surface area contributed by atoms with Gasteiger partial charge in [0.15, 0.2) is 0 Å². The monoisotopic (exact) mass is 270 g/mol. The molecule has 20 heavy (non-hydrogen) atoms. The maximum Gasteiger partial charge on any atom is 0.203 e. The molecule has 4 nitrogen and oxygen atoms in total. The number of aryl methyl sites for hydroxylation is 1. The third kappa shape index (κ3) is 2.18. The summed E-state index contributed by atoms with van der Waals surface area (Å²) < 4.78 is 15.5. The highest BCUT2D eigenvalue weighted by Gasteiger charge is 2.08. The van der Waals surface area contributed by atoms with Crippen LogP contribution in [-0.2, 0) is 13.6 Å². The Labute approximate surface area is 116 Å². The Morgan fingerprint density at radius 2 is 2.05 bits per heavy atom. The van der Waals surface area contributed by atoms with Gasteiger partial charge in [-0.2, -0.15) is 0 Å².